The largest absolute Gasteiger partial charge is 0.198 e. The van der Waals surface area contributed by atoms with Crippen LogP contribution in [-0.2, 0) is 0 Å². The van der Waals surface area contributed by atoms with Gasteiger partial charge in [-0.15, -0.1) is 13.2 Å². The molecule has 0 radical (unpaired) electrons. The number of hydrogen-bond donors (Lipinski definition) is 1. The van der Waals surface area contributed by atoms with E-state index in [0.29, 0.717) is 0 Å². The number of aromatic amines is 1. The fourth-order valence-corrected chi connectivity index (χ4v) is 0.167. The number of nitrogens with one attached hydrogen (secondary N) is 1. The second-order valence-corrected chi connectivity index (χ2v) is 0.656. The van der Waals surface area contributed by atoms with Crippen LogP contribution >= 0.6 is 0 Å². The SMILES string of the molecule is C=C.c1cn[nH]n1. The summed E-state index contributed by atoms with van der Waals surface area (Å²) in [5.74, 6) is 0. The van der Waals surface area contributed by atoms with Crippen molar-refractivity contribution in [2.75, 3.05) is 0 Å². The molecule has 1 N–H and O–H groups in total. The molecule has 0 amide bonds. The summed E-state index contributed by atoms with van der Waals surface area (Å²) in [6.45, 7) is 6.00. The van der Waals surface area contributed by atoms with Gasteiger partial charge in [-0.25, -0.2) is 0 Å². The van der Waals surface area contributed by atoms with Gasteiger partial charge in [-0.2, -0.15) is 15.4 Å². The number of H-pyrrole nitrogens is 1. The molecule has 0 aliphatic carbocycles. The molecular weight excluding hydrogens is 90.1 g/mol. The van der Waals surface area contributed by atoms with Crippen molar-refractivity contribution >= 4 is 0 Å². The van der Waals surface area contributed by atoms with Crippen LogP contribution in [0.5, 0.6) is 0 Å². The first-order valence-corrected chi connectivity index (χ1v) is 1.80. The van der Waals surface area contributed by atoms with Gasteiger partial charge in [0.15, 0.2) is 0 Å². The predicted molar refractivity (Wildman–Crippen MR) is 27.6 cm³/mol. The Morgan fingerprint density at radius 2 is 1.57 bits per heavy atom. The Hall–Kier alpha value is -1.12. The third-order valence-electron chi connectivity index (χ3n) is 0.331. The van der Waals surface area contributed by atoms with E-state index in [2.05, 4.69) is 28.6 Å². The number of aromatic nitrogens is 3. The molecule has 38 valence electrons. The van der Waals surface area contributed by atoms with Crippen LogP contribution in [0.15, 0.2) is 25.6 Å². The average Bonchev–Trinajstić information content (AvgIpc) is 2.23. The van der Waals surface area contributed by atoms with Crippen LogP contribution in [0.2, 0.25) is 0 Å². The smallest absolute Gasteiger partial charge is 0.0690 e. The predicted octanol–water partition coefficient (Wildman–Crippen LogP) is 0.607. The summed E-state index contributed by atoms with van der Waals surface area (Å²) in [5, 5.41) is 9.33. The van der Waals surface area contributed by atoms with Crippen LogP contribution in [0.1, 0.15) is 0 Å². The van der Waals surface area contributed by atoms with Crippen molar-refractivity contribution in [1.82, 2.24) is 15.4 Å². The highest BCUT2D eigenvalue weighted by Gasteiger charge is 1.57. The quantitative estimate of drug-likeness (QED) is 0.482. The number of hydrogen-bond acceptors (Lipinski definition) is 2. The molecule has 0 unspecified atom stereocenters. The highest BCUT2D eigenvalue weighted by atomic mass is 15.3. The highest BCUT2D eigenvalue weighted by Crippen LogP contribution is 1.55. The summed E-state index contributed by atoms with van der Waals surface area (Å²) in [6, 6.07) is 0. The maximum atomic E-state index is 3.49. The molecule has 0 fully saturated rings. The van der Waals surface area contributed by atoms with Gasteiger partial charge in [0.25, 0.3) is 0 Å². The molecule has 0 aliphatic heterocycles. The number of nitrogens with zero attached hydrogens (tertiary/aromatic N) is 2. The third kappa shape index (κ3) is 2.69. The molecule has 3 heteroatoms. The molecule has 3 nitrogen and oxygen atoms in total. The fourth-order valence-electron chi connectivity index (χ4n) is 0.167. The third-order valence-corrected chi connectivity index (χ3v) is 0.331. The zero-order valence-corrected chi connectivity index (χ0v) is 3.96. The topological polar surface area (TPSA) is 41.6 Å². The van der Waals surface area contributed by atoms with Gasteiger partial charge in [0.2, 0.25) is 0 Å². The monoisotopic (exact) mass is 97.1 g/mol. The second kappa shape index (κ2) is 4.88. The lowest BCUT2D eigenvalue weighted by Gasteiger charge is -1.48. The minimum Gasteiger partial charge on any atom is -0.198 e. The zero-order valence-electron chi connectivity index (χ0n) is 3.96. The van der Waals surface area contributed by atoms with Gasteiger partial charge in [0.05, 0.1) is 12.4 Å². The van der Waals surface area contributed by atoms with E-state index in [0.717, 1.165) is 0 Å². The lowest BCUT2D eigenvalue weighted by molar-refractivity contribution is 0.940. The molecule has 7 heavy (non-hydrogen) atoms. The van der Waals surface area contributed by atoms with Crippen molar-refractivity contribution < 1.29 is 0 Å². The van der Waals surface area contributed by atoms with Crippen molar-refractivity contribution in [2.45, 2.75) is 0 Å². The maximum absolute atomic E-state index is 3.49. The minimum atomic E-state index is 1.58. The van der Waals surface area contributed by atoms with Crippen LogP contribution in [0.3, 0.4) is 0 Å². The lowest BCUT2D eigenvalue weighted by Crippen LogP contribution is -1.61. The molecule has 0 spiro atoms. The Balaban J connectivity index is 0.000000162. The van der Waals surface area contributed by atoms with E-state index in [4.69, 9.17) is 0 Å². The molecule has 0 aromatic carbocycles. The van der Waals surface area contributed by atoms with Crippen LogP contribution in [0, 0.1) is 0 Å². The summed E-state index contributed by atoms with van der Waals surface area (Å²) in [4.78, 5) is 0. The van der Waals surface area contributed by atoms with E-state index < -0.39 is 0 Å². The van der Waals surface area contributed by atoms with Crippen molar-refractivity contribution in [3.05, 3.63) is 25.6 Å². The molecule has 0 aliphatic rings. The van der Waals surface area contributed by atoms with E-state index in [-0.39, 0.29) is 0 Å². The van der Waals surface area contributed by atoms with Gasteiger partial charge in [-0.1, -0.05) is 0 Å². The molecule has 0 saturated heterocycles. The normalized spacial score (nSPS) is 6.29. The lowest BCUT2D eigenvalue weighted by atomic mass is 11.0. The summed E-state index contributed by atoms with van der Waals surface area (Å²) >= 11 is 0. The Kier molecular flexibility index (Phi) is 4.10. The van der Waals surface area contributed by atoms with Crippen molar-refractivity contribution in [2.24, 2.45) is 0 Å². The molecule has 0 bridgehead atoms. The van der Waals surface area contributed by atoms with E-state index >= 15 is 0 Å². The van der Waals surface area contributed by atoms with E-state index in [1.54, 1.807) is 12.4 Å². The van der Waals surface area contributed by atoms with Crippen molar-refractivity contribution in [1.29, 1.82) is 0 Å². The standard InChI is InChI=1S/C2H3N3.C2H4/c1-2-4-5-3-1;1-2/h1-2H,(H,3,4,5);1-2H2. The van der Waals surface area contributed by atoms with Crippen LogP contribution in [0.4, 0.5) is 0 Å². The van der Waals surface area contributed by atoms with Gasteiger partial charge in [-0.3, -0.25) is 0 Å². The van der Waals surface area contributed by atoms with Gasteiger partial charge < -0.3 is 0 Å². The Morgan fingerprint density at radius 3 is 1.71 bits per heavy atom. The molecular formula is C4H7N3. The molecule has 0 saturated carbocycles. The van der Waals surface area contributed by atoms with E-state index in [1.807, 2.05) is 0 Å². The number of rotatable bonds is 0. The summed E-state index contributed by atoms with van der Waals surface area (Å²) in [6.07, 6.45) is 3.17. The first-order chi connectivity index (χ1) is 3.50. The zero-order chi connectivity index (χ0) is 5.54. The Bertz CT molecular complexity index is 73.8. The molecule has 1 aromatic rings. The van der Waals surface area contributed by atoms with E-state index in [1.165, 1.54) is 0 Å². The van der Waals surface area contributed by atoms with Gasteiger partial charge in [0, 0.05) is 0 Å². The minimum absolute atomic E-state index is 1.58. The fraction of sp³-hybridized carbons (Fsp3) is 0. The van der Waals surface area contributed by atoms with Crippen LogP contribution in [0.25, 0.3) is 0 Å². The van der Waals surface area contributed by atoms with Gasteiger partial charge in [-0.05, 0) is 0 Å². The first-order valence-electron chi connectivity index (χ1n) is 1.80. The van der Waals surface area contributed by atoms with E-state index in [9.17, 15) is 0 Å². The second-order valence-electron chi connectivity index (χ2n) is 0.656. The van der Waals surface area contributed by atoms with Crippen molar-refractivity contribution in [3.63, 3.8) is 0 Å². The Labute approximate surface area is 42.1 Å². The molecule has 0 atom stereocenters. The molecule has 1 aromatic heterocycles. The summed E-state index contributed by atoms with van der Waals surface area (Å²) in [5.41, 5.74) is 0. The maximum Gasteiger partial charge on any atom is 0.0690 e. The van der Waals surface area contributed by atoms with Crippen LogP contribution in [-0.4, -0.2) is 15.4 Å². The molecule has 1 heterocycles. The first kappa shape index (κ1) is 5.88. The van der Waals surface area contributed by atoms with Gasteiger partial charge in [0.1, 0.15) is 0 Å². The highest BCUT2D eigenvalue weighted by molar-refractivity contribution is 4.54. The summed E-state index contributed by atoms with van der Waals surface area (Å²) < 4.78 is 0. The Morgan fingerprint density at radius 1 is 1.14 bits per heavy atom. The van der Waals surface area contributed by atoms with Crippen LogP contribution < -0.4 is 0 Å². The molecule has 1 rings (SSSR count). The van der Waals surface area contributed by atoms with Crippen molar-refractivity contribution in [3.8, 4) is 0 Å². The summed E-state index contributed by atoms with van der Waals surface area (Å²) in [7, 11) is 0. The van der Waals surface area contributed by atoms with Gasteiger partial charge >= 0.3 is 0 Å². The average molecular weight is 97.1 g/mol.